The molecule has 0 aliphatic heterocycles. The molecule has 2 aliphatic rings. The lowest BCUT2D eigenvalue weighted by atomic mass is 9.73. The van der Waals surface area contributed by atoms with E-state index in [1.165, 1.54) is 38.5 Å². The molecule has 1 saturated carbocycles. The van der Waals surface area contributed by atoms with Gasteiger partial charge in [0.05, 0.1) is 6.10 Å². The maximum absolute atomic E-state index is 5.65. The van der Waals surface area contributed by atoms with Crippen LogP contribution >= 0.6 is 0 Å². The minimum atomic E-state index is 0.406. The van der Waals surface area contributed by atoms with Gasteiger partial charge in [-0.1, -0.05) is 31.9 Å². The van der Waals surface area contributed by atoms with E-state index in [0.717, 1.165) is 24.4 Å². The summed E-state index contributed by atoms with van der Waals surface area (Å²) in [5.41, 5.74) is 0. The van der Waals surface area contributed by atoms with Crippen LogP contribution in [0.15, 0.2) is 12.2 Å². The first-order valence-corrected chi connectivity index (χ1v) is 7.09. The van der Waals surface area contributed by atoms with E-state index >= 15 is 0 Å². The molecule has 16 heavy (non-hydrogen) atoms. The van der Waals surface area contributed by atoms with Gasteiger partial charge in [0.1, 0.15) is 0 Å². The second kappa shape index (κ2) is 5.86. The van der Waals surface area contributed by atoms with Crippen LogP contribution in [0.5, 0.6) is 0 Å². The highest BCUT2D eigenvalue weighted by molar-refractivity contribution is 5.01. The molecule has 0 aromatic rings. The molecule has 2 rings (SSSR count). The molecule has 2 atom stereocenters. The number of hydrogen-bond donors (Lipinski definition) is 0. The first kappa shape index (κ1) is 12.2. The first-order valence-electron chi connectivity index (χ1n) is 7.09. The van der Waals surface area contributed by atoms with E-state index < -0.39 is 0 Å². The molecule has 0 heterocycles. The summed E-state index contributed by atoms with van der Waals surface area (Å²) in [6.45, 7) is 5.33. The van der Waals surface area contributed by atoms with Crippen molar-refractivity contribution < 1.29 is 4.74 Å². The number of allylic oxidation sites excluding steroid dienone is 1. The van der Waals surface area contributed by atoms with Gasteiger partial charge < -0.3 is 4.74 Å². The summed E-state index contributed by atoms with van der Waals surface area (Å²) in [6, 6.07) is 0. The van der Waals surface area contributed by atoms with Gasteiger partial charge in [-0.15, -0.1) is 0 Å². The standard InChI is InChI=1S/C15H26O/c1-3-16-15-10-8-14(9-11-15)13-6-4-12(2)5-7-13/h8,10,12-15H,3-7,9,11H2,1-2H3. The molecule has 0 aromatic carbocycles. The third-order valence-corrected chi connectivity index (χ3v) is 4.40. The summed E-state index contributed by atoms with van der Waals surface area (Å²) in [4.78, 5) is 0. The van der Waals surface area contributed by atoms with Gasteiger partial charge in [-0.25, -0.2) is 0 Å². The zero-order chi connectivity index (χ0) is 11.4. The average molecular weight is 222 g/mol. The number of rotatable bonds is 3. The van der Waals surface area contributed by atoms with E-state index in [-0.39, 0.29) is 0 Å². The van der Waals surface area contributed by atoms with Crippen molar-refractivity contribution in [1.82, 2.24) is 0 Å². The Balaban J connectivity index is 1.81. The van der Waals surface area contributed by atoms with E-state index in [2.05, 4.69) is 26.0 Å². The van der Waals surface area contributed by atoms with E-state index in [0.29, 0.717) is 6.10 Å². The zero-order valence-corrected chi connectivity index (χ0v) is 10.8. The largest absolute Gasteiger partial charge is 0.374 e. The molecular weight excluding hydrogens is 196 g/mol. The SMILES string of the molecule is CCOC1C=CC(C2CCC(C)CC2)CC1. The quantitative estimate of drug-likeness (QED) is 0.651. The lowest BCUT2D eigenvalue weighted by molar-refractivity contribution is 0.0757. The Morgan fingerprint density at radius 2 is 1.75 bits per heavy atom. The molecule has 0 N–H and O–H groups in total. The molecule has 0 saturated heterocycles. The Bertz CT molecular complexity index is 226. The van der Waals surface area contributed by atoms with Gasteiger partial charge in [-0.2, -0.15) is 0 Å². The molecule has 0 aromatic heterocycles. The Morgan fingerprint density at radius 3 is 2.31 bits per heavy atom. The Hall–Kier alpha value is -0.300. The minimum Gasteiger partial charge on any atom is -0.374 e. The van der Waals surface area contributed by atoms with Crippen LogP contribution in [-0.2, 0) is 4.74 Å². The van der Waals surface area contributed by atoms with Gasteiger partial charge >= 0.3 is 0 Å². The van der Waals surface area contributed by atoms with Crippen LogP contribution in [0.25, 0.3) is 0 Å². The summed E-state index contributed by atoms with van der Waals surface area (Å²) in [7, 11) is 0. The number of ether oxygens (including phenoxy) is 1. The van der Waals surface area contributed by atoms with Gasteiger partial charge in [0, 0.05) is 6.61 Å². The van der Waals surface area contributed by atoms with E-state index in [9.17, 15) is 0 Å². The van der Waals surface area contributed by atoms with Crippen LogP contribution < -0.4 is 0 Å². The zero-order valence-electron chi connectivity index (χ0n) is 10.8. The third kappa shape index (κ3) is 3.10. The van der Waals surface area contributed by atoms with Gasteiger partial charge in [-0.05, 0) is 50.4 Å². The predicted molar refractivity (Wildman–Crippen MR) is 68.4 cm³/mol. The lowest BCUT2D eigenvalue weighted by Crippen LogP contribution is -2.24. The average Bonchev–Trinajstić information content (AvgIpc) is 2.32. The molecule has 0 amide bonds. The van der Waals surface area contributed by atoms with Crippen molar-refractivity contribution in [2.45, 2.75) is 58.5 Å². The molecule has 0 bridgehead atoms. The van der Waals surface area contributed by atoms with Crippen LogP contribution in [0.4, 0.5) is 0 Å². The van der Waals surface area contributed by atoms with Crippen molar-refractivity contribution >= 4 is 0 Å². The molecule has 1 fully saturated rings. The second-order valence-electron chi connectivity index (χ2n) is 5.64. The van der Waals surface area contributed by atoms with Crippen LogP contribution in [-0.4, -0.2) is 12.7 Å². The molecule has 1 nitrogen and oxygen atoms in total. The molecule has 92 valence electrons. The van der Waals surface area contributed by atoms with Gasteiger partial charge in [0.25, 0.3) is 0 Å². The van der Waals surface area contributed by atoms with Crippen molar-refractivity contribution in [3.8, 4) is 0 Å². The van der Waals surface area contributed by atoms with Crippen LogP contribution in [0, 0.1) is 17.8 Å². The molecule has 2 unspecified atom stereocenters. The summed E-state index contributed by atoms with van der Waals surface area (Å²) in [5.74, 6) is 2.79. The number of hydrogen-bond acceptors (Lipinski definition) is 1. The predicted octanol–water partition coefficient (Wildman–Crippen LogP) is 4.18. The summed E-state index contributed by atoms with van der Waals surface area (Å²) >= 11 is 0. The van der Waals surface area contributed by atoms with Gasteiger partial charge in [-0.3, -0.25) is 0 Å². The lowest BCUT2D eigenvalue weighted by Gasteiger charge is -2.34. The maximum atomic E-state index is 5.65. The normalized spacial score (nSPS) is 39.9. The third-order valence-electron chi connectivity index (χ3n) is 4.40. The van der Waals surface area contributed by atoms with Crippen LogP contribution in [0.2, 0.25) is 0 Å². The summed E-state index contributed by atoms with van der Waals surface area (Å²) < 4.78 is 5.65. The Morgan fingerprint density at radius 1 is 1.00 bits per heavy atom. The van der Waals surface area contributed by atoms with Crippen LogP contribution in [0.3, 0.4) is 0 Å². The van der Waals surface area contributed by atoms with Gasteiger partial charge in [0.15, 0.2) is 0 Å². The van der Waals surface area contributed by atoms with Crippen LogP contribution in [0.1, 0.15) is 52.4 Å². The molecule has 0 radical (unpaired) electrons. The highest BCUT2D eigenvalue weighted by atomic mass is 16.5. The maximum Gasteiger partial charge on any atom is 0.0755 e. The Labute approximate surface area is 100 Å². The van der Waals surface area contributed by atoms with Crippen molar-refractivity contribution in [1.29, 1.82) is 0 Å². The topological polar surface area (TPSA) is 9.23 Å². The molecule has 2 aliphatic carbocycles. The highest BCUT2D eigenvalue weighted by Gasteiger charge is 2.26. The van der Waals surface area contributed by atoms with E-state index in [1.807, 2.05) is 0 Å². The first-order chi connectivity index (χ1) is 7.79. The monoisotopic (exact) mass is 222 g/mol. The fraction of sp³-hybridized carbons (Fsp3) is 0.867. The van der Waals surface area contributed by atoms with Crippen molar-refractivity contribution in [3.63, 3.8) is 0 Å². The smallest absolute Gasteiger partial charge is 0.0755 e. The highest BCUT2D eigenvalue weighted by Crippen LogP contribution is 2.37. The fourth-order valence-electron chi connectivity index (χ4n) is 3.28. The summed E-state index contributed by atoms with van der Waals surface area (Å²) in [5, 5.41) is 0. The fourth-order valence-corrected chi connectivity index (χ4v) is 3.28. The van der Waals surface area contributed by atoms with Crippen molar-refractivity contribution in [2.24, 2.45) is 17.8 Å². The van der Waals surface area contributed by atoms with E-state index in [1.54, 1.807) is 0 Å². The van der Waals surface area contributed by atoms with Gasteiger partial charge in [0.2, 0.25) is 0 Å². The Kier molecular flexibility index (Phi) is 4.45. The molecule has 0 spiro atoms. The van der Waals surface area contributed by atoms with Crippen molar-refractivity contribution in [3.05, 3.63) is 12.2 Å². The minimum absolute atomic E-state index is 0.406. The second-order valence-corrected chi connectivity index (χ2v) is 5.64. The van der Waals surface area contributed by atoms with Crippen molar-refractivity contribution in [2.75, 3.05) is 6.61 Å². The molecule has 1 heteroatoms. The molecular formula is C15H26O. The van der Waals surface area contributed by atoms with E-state index in [4.69, 9.17) is 4.74 Å². The summed E-state index contributed by atoms with van der Waals surface area (Å²) in [6.07, 6.45) is 13.6.